The van der Waals surface area contributed by atoms with Crippen LogP contribution in [0.3, 0.4) is 0 Å². The summed E-state index contributed by atoms with van der Waals surface area (Å²) in [6, 6.07) is 9.81. The lowest BCUT2D eigenvalue weighted by atomic mass is 9.86. The second-order valence-electron chi connectivity index (χ2n) is 12.1. The molecule has 1 aliphatic carbocycles. The van der Waals surface area contributed by atoms with Crippen molar-refractivity contribution in [2.24, 2.45) is 5.92 Å². The summed E-state index contributed by atoms with van der Waals surface area (Å²) in [5.74, 6) is 1.81. The Bertz CT molecular complexity index is 1670. The lowest BCUT2D eigenvalue weighted by molar-refractivity contribution is 0.0529. The van der Waals surface area contributed by atoms with E-state index in [1.165, 1.54) is 6.42 Å². The zero-order valence-electron chi connectivity index (χ0n) is 25.4. The minimum absolute atomic E-state index is 0.0418. The third-order valence-corrected chi connectivity index (χ3v) is 8.46. The molecular formula is C33H40N6O4. The Balaban J connectivity index is 1.29. The lowest BCUT2D eigenvalue weighted by Crippen LogP contribution is -2.41. The first-order valence-corrected chi connectivity index (χ1v) is 15.2. The molecule has 1 unspecified atom stereocenters. The van der Waals surface area contributed by atoms with Gasteiger partial charge in [0.25, 0.3) is 11.5 Å². The summed E-state index contributed by atoms with van der Waals surface area (Å²) >= 11 is 0. The van der Waals surface area contributed by atoms with Gasteiger partial charge in [0.2, 0.25) is 0 Å². The summed E-state index contributed by atoms with van der Waals surface area (Å²) in [7, 11) is 0. The first-order chi connectivity index (χ1) is 20.8. The molecule has 10 heteroatoms. The summed E-state index contributed by atoms with van der Waals surface area (Å²) < 4.78 is 13.6. The predicted octanol–water partition coefficient (Wildman–Crippen LogP) is 4.85. The van der Waals surface area contributed by atoms with E-state index >= 15 is 0 Å². The Morgan fingerprint density at radius 1 is 1.19 bits per heavy atom. The number of rotatable bonds is 9. The Kier molecular flexibility index (Phi) is 8.21. The van der Waals surface area contributed by atoms with E-state index < -0.39 is 0 Å². The van der Waals surface area contributed by atoms with Gasteiger partial charge in [-0.2, -0.15) is 0 Å². The predicted molar refractivity (Wildman–Crippen MR) is 166 cm³/mol. The van der Waals surface area contributed by atoms with Crippen LogP contribution in [0.4, 0.5) is 5.82 Å². The van der Waals surface area contributed by atoms with Crippen molar-refractivity contribution in [3.8, 4) is 16.9 Å². The molecule has 226 valence electrons. The number of nitrogens with one attached hydrogen (secondary N) is 2. The maximum absolute atomic E-state index is 13.8. The number of pyridine rings is 3. The number of carbonyl (C=O) groups excluding carboxylic acids is 1. The van der Waals surface area contributed by atoms with Crippen LogP contribution < -0.4 is 20.5 Å². The van der Waals surface area contributed by atoms with Gasteiger partial charge in [0.1, 0.15) is 23.6 Å². The van der Waals surface area contributed by atoms with Crippen molar-refractivity contribution in [2.75, 3.05) is 31.2 Å². The van der Waals surface area contributed by atoms with Crippen LogP contribution in [-0.4, -0.2) is 57.7 Å². The maximum atomic E-state index is 13.8. The van der Waals surface area contributed by atoms with E-state index in [2.05, 4.69) is 47.0 Å². The van der Waals surface area contributed by atoms with Crippen LogP contribution in [0, 0.1) is 12.8 Å². The molecule has 0 bridgehead atoms. The number of imidazole rings is 1. The molecule has 1 aliphatic heterocycles. The third-order valence-electron chi connectivity index (χ3n) is 8.46. The van der Waals surface area contributed by atoms with E-state index in [4.69, 9.17) is 14.5 Å². The quantitative estimate of drug-likeness (QED) is 0.289. The summed E-state index contributed by atoms with van der Waals surface area (Å²) in [4.78, 5) is 41.1. The van der Waals surface area contributed by atoms with Gasteiger partial charge in [-0.05, 0) is 74.4 Å². The van der Waals surface area contributed by atoms with Crippen LogP contribution in [0.1, 0.15) is 73.4 Å². The Hall–Kier alpha value is -4.18. The number of aryl methyl sites for hydroxylation is 1. The fourth-order valence-corrected chi connectivity index (χ4v) is 5.78. The van der Waals surface area contributed by atoms with Gasteiger partial charge in [0.15, 0.2) is 0 Å². The topological polar surface area (TPSA) is 114 Å². The fourth-order valence-electron chi connectivity index (χ4n) is 5.78. The number of H-pyrrole nitrogens is 1. The van der Waals surface area contributed by atoms with E-state index in [0.29, 0.717) is 36.1 Å². The third kappa shape index (κ3) is 6.15. The normalized spacial score (nSPS) is 17.3. The molecule has 43 heavy (non-hydrogen) atoms. The number of ether oxygens (including phenoxy) is 2. The number of fused-ring (bicyclic) bond motifs is 1. The SMILES string of the molecule is Cc1cc(OCC2CCC2)c(CNC(=O)c2cc(-c3ccc(N4CCOC(C)C4)nc3)cc3c(C(C)C)ncn23)c(=O)[nH]1. The second-order valence-corrected chi connectivity index (χ2v) is 12.1. The van der Waals surface area contributed by atoms with Gasteiger partial charge >= 0.3 is 0 Å². The molecule has 5 heterocycles. The molecule has 0 radical (unpaired) electrons. The summed E-state index contributed by atoms with van der Waals surface area (Å²) in [6.07, 6.45) is 7.22. The zero-order valence-corrected chi connectivity index (χ0v) is 25.4. The smallest absolute Gasteiger partial charge is 0.268 e. The van der Waals surface area contributed by atoms with E-state index in [9.17, 15) is 9.59 Å². The second kappa shape index (κ2) is 12.2. The standard InChI is InChI=1S/C33H40N6O4/c1-20(2)31-27-13-25(24-8-9-30(34-15-24)38-10-11-42-22(4)17-38)14-28(39(27)19-36-31)33(41)35-16-26-29(12-21(3)37-32(26)40)43-18-23-6-5-7-23/h8-9,12-15,19-20,22-23H,5-7,10-11,16-18H2,1-4H3,(H,35,41)(H,37,40). The van der Waals surface area contributed by atoms with Gasteiger partial charge in [-0.25, -0.2) is 9.97 Å². The number of anilines is 1. The minimum Gasteiger partial charge on any atom is -0.493 e. The van der Waals surface area contributed by atoms with Crippen molar-refractivity contribution in [3.05, 3.63) is 75.9 Å². The van der Waals surface area contributed by atoms with Crippen LogP contribution in [0.5, 0.6) is 5.75 Å². The molecule has 4 aromatic rings. The number of amides is 1. The molecule has 0 aromatic carbocycles. The monoisotopic (exact) mass is 584 g/mol. The van der Waals surface area contributed by atoms with Crippen LogP contribution in [0.2, 0.25) is 0 Å². The number of aromatic nitrogens is 4. The number of aromatic amines is 1. The van der Waals surface area contributed by atoms with Gasteiger partial charge in [-0.1, -0.05) is 20.3 Å². The van der Waals surface area contributed by atoms with Crippen LogP contribution in [0.15, 0.2) is 47.7 Å². The number of nitrogens with zero attached hydrogens (tertiary/aromatic N) is 4. The highest BCUT2D eigenvalue weighted by molar-refractivity contribution is 5.95. The summed E-state index contributed by atoms with van der Waals surface area (Å²) in [6.45, 7) is 11.0. The molecule has 2 aliphatic rings. The first-order valence-electron chi connectivity index (χ1n) is 15.2. The minimum atomic E-state index is -0.309. The molecule has 1 saturated heterocycles. The van der Waals surface area contributed by atoms with Crippen molar-refractivity contribution in [2.45, 2.75) is 65.5 Å². The highest BCUT2D eigenvalue weighted by Crippen LogP contribution is 2.30. The van der Waals surface area contributed by atoms with Crippen molar-refractivity contribution < 1.29 is 14.3 Å². The van der Waals surface area contributed by atoms with Crippen LogP contribution in [0.25, 0.3) is 16.6 Å². The molecule has 1 saturated carbocycles. The van der Waals surface area contributed by atoms with Gasteiger partial charge < -0.3 is 24.7 Å². The molecule has 0 spiro atoms. The van der Waals surface area contributed by atoms with E-state index in [1.54, 1.807) is 6.33 Å². The number of hydrogen-bond donors (Lipinski definition) is 2. The lowest BCUT2D eigenvalue weighted by Gasteiger charge is -2.32. The molecule has 1 amide bonds. The van der Waals surface area contributed by atoms with Crippen molar-refractivity contribution in [3.63, 3.8) is 0 Å². The highest BCUT2D eigenvalue weighted by atomic mass is 16.5. The Morgan fingerprint density at radius 2 is 2.02 bits per heavy atom. The number of hydrogen-bond acceptors (Lipinski definition) is 7. The zero-order chi connectivity index (χ0) is 30.1. The maximum Gasteiger partial charge on any atom is 0.268 e. The summed E-state index contributed by atoms with van der Waals surface area (Å²) in [5.41, 5.74) is 4.85. The van der Waals surface area contributed by atoms with Crippen molar-refractivity contribution in [1.82, 2.24) is 24.7 Å². The number of carbonyl (C=O) groups is 1. The molecule has 2 fully saturated rings. The largest absolute Gasteiger partial charge is 0.493 e. The average Bonchev–Trinajstić information content (AvgIpc) is 3.40. The molecule has 6 rings (SSSR count). The van der Waals surface area contributed by atoms with Crippen LogP contribution >= 0.6 is 0 Å². The molecule has 10 nitrogen and oxygen atoms in total. The van der Waals surface area contributed by atoms with Crippen molar-refractivity contribution in [1.29, 1.82) is 0 Å². The number of morpholine rings is 1. The molecular weight excluding hydrogens is 544 g/mol. The first kappa shape index (κ1) is 28.9. The van der Waals surface area contributed by atoms with E-state index in [0.717, 1.165) is 59.8 Å². The molecule has 2 N–H and O–H groups in total. The Morgan fingerprint density at radius 3 is 2.72 bits per heavy atom. The van der Waals surface area contributed by atoms with E-state index in [1.807, 2.05) is 41.8 Å². The highest BCUT2D eigenvalue weighted by Gasteiger charge is 2.22. The fraction of sp³-hybridized carbons (Fsp3) is 0.455. The van der Waals surface area contributed by atoms with Gasteiger partial charge in [0.05, 0.1) is 42.6 Å². The van der Waals surface area contributed by atoms with Gasteiger partial charge in [0, 0.05) is 30.5 Å². The average molecular weight is 585 g/mol. The van der Waals surface area contributed by atoms with Crippen LogP contribution in [-0.2, 0) is 11.3 Å². The van der Waals surface area contributed by atoms with Gasteiger partial charge in [-0.3, -0.25) is 14.0 Å². The Labute approximate surface area is 251 Å². The van der Waals surface area contributed by atoms with Crippen molar-refractivity contribution >= 4 is 17.2 Å². The van der Waals surface area contributed by atoms with E-state index in [-0.39, 0.29) is 30.0 Å². The summed E-state index contributed by atoms with van der Waals surface area (Å²) in [5, 5.41) is 2.98. The molecule has 1 atom stereocenters. The molecule has 4 aromatic heterocycles. The van der Waals surface area contributed by atoms with Gasteiger partial charge in [-0.15, -0.1) is 0 Å².